The molecule has 0 bridgehead atoms. The third-order valence-electron chi connectivity index (χ3n) is 3.24. The fourth-order valence-electron chi connectivity index (χ4n) is 2.01. The van der Waals surface area contributed by atoms with E-state index in [4.69, 9.17) is 0 Å². The number of rotatable bonds is 4. The molecule has 0 fully saturated rings. The van der Waals surface area contributed by atoms with Gasteiger partial charge < -0.3 is 5.32 Å². The summed E-state index contributed by atoms with van der Waals surface area (Å²) in [5, 5.41) is 18.5. The standard InChI is InChI=1S/C13H11F3N8O/c1-7(10-19-12(21-20-10)13(14,15)16)18-11(25)8-3-2-4-9(5-8)24-6-17-22-23-24/h2-7H,1H3,(H,18,25)(H,19,20,21). The SMILES string of the molecule is CC(NC(=O)c1cccc(-n2cnnn2)c1)c1nc(C(F)(F)F)n[nH]1. The highest BCUT2D eigenvalue weighted by Crippen LogP contribution is 2.26. The van der Waals surface area contributed by atoms with E-state index in [0.717, 1.165) is 0 Å². The van der Waals surface area contributed by atoms with Gasteiger partial charge in [-0.1, -0.05) is 6.07 Å². The van der Waals surface area contributed by atoms with Gasteiger partial charge in [-0.2, -0.15) is 13.2 Å². The number of hydrogen-bond donors (Lipinski definition) is 2. The Morgan fingerprint density at radius 3 is 2.80 bits per heavy atom. The van der Waals surface area contributed by atoms with Gasteiger partial charge in [-0.3, -0.25) is 9.89 Å². The van der Waals surface area contributed by atoms with Gasteiger partial charge in [-0.15, -0.1) is 10.2 Å². The maximum absolute atomic E-state index is 12.5. The summed E-state index contributed by atoms with van der Waals surface area (Å²) in [7, 11) is 0. The lowest BCUT2D eigenvalue weighted by Gasteiger charge is -2.11. The molecule has 0 spiro atoms. The number of aromatic amines is 1. The van der Waals surface area contributed by atoms with Gasteiger partial charge in [0.05, 0.1) is 11.7 Å². The van der Waals surface area contributed by atoms with Gasteiger partial charge in [-0.25, -0.2) is 9.67 Å². The molecular formula is C13H11F3N8O. The summed E-state index contributed by atoms with van der Waals surface area (Å²) >= 11 is 0. The number of hydrogen-bond acceptors (Lipinski definition) is 6. The van der Waals surface area contributed by atoms with Crippen molar-refractivity contribution < 1.29 is 18.0 Å². The molecule has 3 aromatic rings. The second-order valence-electron chi connectivity index (χ2n) is 5.04. The van der Waals surface area contributed by atoms with E-state index in [0.29, 0.717) is 5.69 Å². The van der Waals surface area contributed by atoms with Crippen molar-refractivity contribution in [2.24, 2.45) is 0 Å². The molecule has 0 aliphatic rings. The topological polar surface area (TPSA) is 114 Å². The molecule has 1 aromatic carbocycles. The first-order valence-electron chi connectivity index (χ1n) is 6.98. The quantitative estimate of drug-likeness (QED) is 0.731. The van der Waals surface area contributed by atoms with E-state index in [1.807, 2.05) is 0 Å². The number of H-pyrrole nitrogens is 1. The van der Waals surface area contributed by atoms with E-state index >= 15 is 0 Å². The molecule has 1 atom stereocenters. The Morgan fingerprint density at radius 1 is 1.36 bits per heavy atom. The second-order valence-corrected chi connectivity index (χ2v) is 5.04. The number of tetrazole rings is 1. The average Bonchev–Trinajstić information content (AvgIpc) is 3.26. The van der Waals surface area contributed by atoms with Crippen molar-refractivity contribution >= 4 is 5.91 Å². The molecule has 0 saturated carbocycles. The van der Waals surface area contributed by atoms with Crippen molar-refractivity contribution in [2.45, 2.75) is 19.1 Å². The van der Waals surface area contributed by atoms with E-state index in [9.17, 15) is 18.0 Å². The summed E-state index contributed by atoms with van der Waals surface area (Å²) in [6.07, 6.45) is -3.29. The van der Waals surface area contributed by atoms with Crippen LogP contribution in [-0.4, -0.2) is 41.3 Å². The van der Waals surface area contributed by atoms with Crippen LogP contribution in [0.25, 0.3) is 5.69 Å². The lowest BCUT2D eigenvalue weighted by Crippen LogP contribution is -2.27. The molecular weight excluding hydrogens is 341 g/mol. The predicted molar refractivity (Wildman–Crippen MR) is 76.4 cm³/mol. The van der Waals surface area contributed by atoms with Crippen LogP contribution in [0.2, 0.25) is 0 Å². The van der Waals surface area contributed by atoms with E-state index in [2.05, 4.69) is 36.0 Å². The maximum atomic E-state index is 12.5. The number of halogens is 3. The first kappa shape index (κ1) is 16.5. The van der Waals surface area contributed by atoms with Crippen LogP contribution >= 0.6 is 0 Å². The molecule has 0 aliphatic heterocycles. The summed E-state index contributed by atoms with van der Waals surface area (Å²) in [5.74, 6) is -1.88. The van der Waals surface area contributed by atoms with Gasteiger partial charge in [-0.05, 0) is 35.5 Å². The van der Waals surface area contributed by atoms with E-state index in [-0.39, 0.29) is 11.4 Å². The molecule has 3 rings (SSSR count). The first-order valence-corrected chi connectivity index (χ1v) is 6.98. The highest BCUT2D eigenvalue weighted by Gasteiger charge is 2.36. The molecule has 1 unspecified atom stereocenters. The molecule has 12 heteroatoms. The number of amides is 1. The van der Waals surface area contributed by atoms with Crippen LogP contribution < -0.4 is 5.32 Å². The molecule has 1 amide bonds. The number of carbonyl (C=O) groups is 1. The van der Waals surface area contributed by atoms with Gasteiger partial charge in [0, 0.05) is 5.56 Å². The lowest BCUT2D eigenvalue weighted by molar-refractivity contribution is -0.144. The minimum atomic E-state index is -4.65. The second kappa shape index (κ2) is 6.30. The normalized spacial score (nSPS) is 12.8. The summed E-state index contributed by atoms with van der Waals surface area (Å²) < 4.78 is 38.9. The zero-order chi connectivity index (χ0) is 18.0. The minimum absolute atomic E-state index is 0.0997. The molecule has 0 radical (unpaired) electrons. The van der Waals surface area contributed by atoms with Crippen LogP contribution in [0.5, 0.6) is 0 Å². The number of carbonyl (C=O) groups excluding carboxylic acids is 1. The van der Waals surface area contributed by atoms with Crippen molar-refractivity contribution in [3.63, 3.8) is 0 Å². The fourth-order valence-corrected chi connectivity index (χ4v) is 2.01. The van der Waals surface area contributed by atoms with Crippen LogP contribution in [0, 0.1) is 0 Å². The molecule has 25 heavy (non-hydrogen) atoms. The number of nitrogens with one attached hydrogen (secondary N) is 2. The van der Waals surface area contributed by atoms with Crippen molar-refractivity contribution in [2.75, 3.05) is 0 Å². The Labute approximate surface area is 138 Å². The van der Waals surface area contributed by atoms with Gasteiger partial charge in [0.1, 0.15) is 12.2 Å². The fraction of sp³-hybridized carbons (Fsp3) is 0.231. The van der Waals surface area contributed by atoms with Crippen LogP contribution in [0.3, 0.4) is 0 Å². The zero-order valence-electron chi connectivity index (χ0n) is 12.7. The maximum Gasteiger partial charge on any atom is 0.453 e. The summed E-state index contributed by atoms with van der Waals surface area (Å²) in [5.41, 5.74) is 0.847. The Morgan fingerprint density at radius 2 is 2.16 bits per heavy atom. The largest absolute Gasteiger partial charge is 0.453 e. The molecule has 2 N–H and O–H groups in total. The number of benzene rings is 1. The summed E-state index contributed by atoms with van der Waals surface area (Å²) in [6.45, 7) is 1.49. The van der Waals surface area contributed by atoms with Crippen molar-refractivity contribution in [1.82, 2.24) is 40.7 Å². The van der Waals surface area contributed by atoms with Gasteiger partial charge in [0.25, 0.3) is 11.7 Å². The van der Waals surface area contributed by atoms with Crippen molar-refractivity contribution in [3.8, 4) is 5.69 Å². The van der Waals surface area contributed by atoms with Crippen LogP contribution in [-0.2, 0) is 6.18 Å². The number of nitrogens with zero attached hydrogens (tertiary/aromatic N) is 6. The van der Waals surface area contributed by atoms with Crippen LogP contribution in [0.15, 0.2) is 30.6 Å². The highest BCUT2D eigenvalue weighted by atomic mass is 19.4. The molecule has 0 aliphatic carbocycles. The van der Waals surface area contributed by atoms with Crippen molar-refractivity contribution in [1.29, 1.82) is 0 Å². The lowest BCUT2D eigenvalue weighted by atomic mass is 10.1. The smallest absolute Gasteiger partial charge is 0.342 e. The molecule has 9 nitrogen and oxygen atoms in total. The summed E-state index contributed by atoms with van der Waals surface area (Å²) in [6, 6.07) is 5.63. The van der Waals surface area contributed by atoms with E-state index < -0.39 is 23.9 Å². The third kappa shape index (κ3) is 3.62. The van der Waals surface area contributed by atoms with Crippen LogP contribution in [0.1, 0.15) is 35.0 Å². The molecule has 2 heterocycles. The van der Waals surface area contributed by atoms with E-state index in [1.54, 1.807) is 24.3 Å². The Bertz CT molecular complexity index is 874. The monoisotopic (exact) mass is 352 g/mol. The van der Waals surface area contributed by atoms with Crippen LogP contribution in [0.4, 0.5) is 13.2 Å². The first-order chi connectivity index (χ1) is 11.8. The van der Waals surface area contributed by atoms with E-state index in [1.165, 1.54) is 17.9 Å². The molecule has 130 valence electrons. The summed E-state index contributed by atoms with van der Waals surface area (Å²) in [4.78, 5) is 15.6. The number of aromatic nitrogens is 7. The number of alkyl halides is 3. The zero-order valence-corrected chi connectivity index (χ0v) is 12.7. The Hall–Kier alpha value is -3.31. The highest BCUT2D eigenvalue weighted by molar-refractivity contribution is 5.94. The minimum Gasteiger partial charge on any atom is -0.342 e. The molecule has 2 aromatic heterocycles. The predicted octanol–water partition coefficient (Wildman–Crippen LogP) is 1.29. The Kier molecular flexibility index (Phi) is 4.17. The Balaban J connectivity index is 1.74. The molecule has 0 saturated heterocycles. The van der Waals surface area contributed by atoms with Gasteiger partial charge in [0.2, 0.25) is 0 Å². The van der Waals surface area contributed by atoms with Gasteiger partial charge in [0.15, 0.2) is 0 Å². The van der Waals surface area contributed by atoms with Crippen molar-refractivity contribution in [3.05, 3.63) is 47.8 Å². The van der Waals surface area contributed by atoms with Gasteiger partial charge >= 0.3 is 6.18 Å². The third-order valence-corrected chi connectivity index (χ3v) is 3.24. The average molecular weight is 352 g/mol.